The number of hydrogen-bond acceptors (Lipinski definition) is 5. The smallest absolute Gasteiger partial charge is 0.127 e. The number of hydrogen-bond donors (Lipinski definition) is 1. The fourth-order valence-electron chi connectivity index (χ4n) is 2.27. The predicted molar refractivity (Wildman–Crippen MR) is 71.6 cm³/mol. The molecule has 0 aromatic heterocycles. The summed E-state index contributed by atoms with van der Waals surface area (Å²) in [7, 11) is 3.29. The Morgan fingerprint density at radius 2 is 2.21 bits per heavy atom. The summed E-state index contributed by atoms with van der Waals surface area (Å²) >= 11 is 0. The van der Waals surface area contributed by atoms with Crippen molar-refractivity contribution in [3.05, 3.63) is 23.8 Å². The standard InChI is InChI=1S/C14H21NO4/c1-17-13-4-3-11(14(7-13)18-2)8-15-5-6-19-10-12(15)9-16/h3-4,7,12,16H,5-6,8-10H2,1-2H3/t12-/m1/s1. The van der Waals surface area contributed by atoms with Crippen LogP contribution in [0.2, 0.25) is 0 Å². The number of aliphatic hydroxyl groups is 1. The average Bonchev–Trinajstić information content (AvgIpc) is 2.48. The van der Waals surface area contributed by atoms with Gasteiger partial charge in [-0.2, -0.15) is 0 Å². The van der Waals surface area contributed by atoms with Crippen LogP contribution >= 0.6 is 0 Å². The number of benzene rings is 1. The Labute approximate surface area is 113 Å². The molecule has 0 aliphatic carbocycles. The van der Waals surface area contributed by atoms with Gasteiger partial charge in [0.15, 0.2) is 0 Å². The number of nitrogens with zero attached hydrogens (tertiary/aromatic N) is 1. The molecule has 1 N–H and O–H groups in total. The zero-order valence-electron chi connectivity index (χ0n) is 11.5. The fourth-order valence-corrected chi connectivity index (χ4v) is 2.27. The van der Waals surface area contributed by atoms with Gasteiger partial charge in [-0.15, -0.1) is 0 Å². The Kier molecular flexibility index (Phi) is 5.01. The van der Waals surface area contributed by atoms with E-state index in [2.05, 4.69) is 4.90 Å². The van der Waals surface area contributed by atoms with Crippen LogP contribution in [-0.4, -0.2) is 56.6 Å². The van der Waals surface area contributed by atoms with Crippen LogP contribution < -0.4 is 9.47 Å². The number of rotatable bonds is 5. The predicted octanol–water partition coefficient (Wildman–Crippen LogP) is 0.897. The first-order valence-corrected chi connectivity index (χ1v) is 6.42. The van der Waals surface area contributed by atoms with E-state index in [1.165, 1.54) is 0 Å². The summed E-state index contributed by atoms with van der Waals surface area (Å²) < 4.78 is 16.0. The van der Waals surface area contributed by atoms with E-state index in [0.29, 0.717) is 13.2 Å². The normalized spacial score (nSPS) is 20.3. The van der Waals surface area contributed by atoms with Gasteiger partial charge in [0, 0.05) is 24.7 Å². The molecule has 1 aliphatic heterocycles. The van der Waals surface area contributed by atoms with Crippen molar-refractivity contribution >= 4 is 0 Å². The first-order valence-electron chi connectivity index (χ1n) is 6.42. The van der Waals surface area contributed by atoms with E-state index >= 15 is 0 Å². The lowest BCUT2D eigenvalue weighted by Gasteiger charge is -2.34. The molecule has 2 rings (SSSR count). The van der Waals surface area contributed by atoms with Crippen LogP contribution in [0.15, 0.2) is 18.2 Å². The summed E-state index contributed by atoms with van der Waals surface area (Å²) in [5.41, 5.74) is 1.09. The highest BCUT2D eigenvalue weighted by Crippen LogP contribution is 2.26. The lowest BCUT2D eigenvalue weighted by molar-refractivity contribution is -0.0315. The Bertz CT molecular complexity index is 410. The molecule has 1 fully saturated rings. The number of aliphatic hydroxyl groups excluding tert-OH is 1. The molecule has 0 amide bonds. The fraction of sp³-hybridized carbons (Fsp3) is 0.571. The quantitative estimate of drug-likeness (QED) is 0.859. The minimum atomic E-state index is 0.0561. The van der Waals surface area contributed by atoms with Gasteiger partial charge in [0.1, 0.15) is 11.5 Å². The van der Waals surface area contributed by atoms with Gasteiger partial charge in [-0.25, -0.2) is 0 Å². The molecule has 0 unspecified atom stereocenters. The molecular formula is C14H21NO4. The van der Waals surface area contributed by atoms with E-state index in [-0.39, 0.29) is 12.6 Å². The van der Waals surface area contributed by atoms with Gasteiger partial charge in [-0.05, 0) is 6.07 Å². The van der Waals surface area contributed by atoms with Crippen LogP contribution in [0.5, 0.6) is 11.5 Å². The summed E-state index contributed by atoms with van der Waals surface area (Å²) in [6, 6.07) is 5.86. The highest BCUT2D eigenvalue weighted by molar-refractivity contribution is 5.40. The molecule has 19 heavy (non-hydrogen) atoms. The van der Waals surface area contributed by atoms with Gasteiger partial charge in [-0.1, -0.05) is 6.07 Å². The molecule has 5 nitrogen and oxygen atoms in total. The highest BCUT2D eigenvalue weighted by Gasteiger charge is 2.23. The third-order valence-corrected chi connectivity index (χ3v) is 3.43. The van der Waals surface area contributed by atoms with E-state index in [1.54, 1.807) is 14.2 Å². The van der Waals surface area contributed by atoms with Crippen molar-refractivity contribution in [2.45, 2.75) is 12.6 Å². The van der Waals surface area contributed by atoms with Gasteiger partial charge in [-0.3, -0.25) is 4.90 Å². The van der Waals surface area contributed by atoms with Gasteiger partial charge in [0.2, 0.25) is 0 Å². The van der Waals surface area contributed by atoms with Crippen molar-refractivity contribution < 1.29 is 19.3 Å². The summed E-state index contributed by atoms with van der Waals surface area (Å²) in [6.07, 6.45) is 0. The van der Waals surface area contributed by atoms with Crippen LogP contribution in [0.3, 0.4) is 0 Å². The lowest BCUT2D eigenvalue weighted by atomic mass is 10.1. The van der Waals surface area contributed by atoms with Crippen molar-refractivity contribution in [1.29, 1.82) is 0 Å². The maximum absolute atomic E-state index is 9.38. The number of methoxy groups -OCH3 is 2. The monoisotopic (exact) mass is 267 g/mol. The van der Waals surface area contributed by atoms with Crippen molar-refractivity contribution in [3.63, 3.8) is 0 Å². The zero-order chi connectivity index (χ0) is 13.7. The minimum Gasteiger partial charge on any atom is -0.497 e. The molecule has 1 heterocycles. The topological polar surface area (TPSA) is 51.2 Å². The Morgan fingerprint density at radius 3 is 2.89 bits per heavy atom. The average molecular weight is 267 g/mol. The molecule has 0 saturated carbocycles. The SMILES string of the molecule is COc1ccc(CN2CCOC[C@H]2CO)c(OC)c1. The Morgan fingerprint density at radius 1 is 1.37 bits per heavy atom. The summed E-state index contributed by atoms with van der Waals surface area (Å²) in [6.45, 7) is 2.95. The molecule has 1 aromatic carbocycles. The maximum Gasteiger partial charge on any atom is 0.127 e. The van der Waals surface area contributed by atoms with E-state index in [9.17, 15) is 5.11 Å². The van der Waals surface area contributed by atoms with Gasteiger partial charge >= 0.3 is 0 Å². The van der Waals surface area contributed by atoms with Crippen molar-refractivity contribution in [3.8, 4) is 11.5 Å². The first kappa shape index (κ1) is 14.1. The molecular weight excluding hydrogens is 246 g/mol. The largest absolute Gasteiger partial charge is 0.497 e. The van der Waals surface area contributed by atoms with Gasteiger partial charge < -0.3 is 19.3 Å². The number of ether oxygens (including phenoxy) is 3. The molecule has 5 heteroatoms. The van der Waals surface area contributed by atoms with Crippen molar-refractivity contribution in [1.82, 2.24) is 4.90 Å². The van der Waals surface area contributed by atoms with E-state index in [0.717, 1.165) is 30.2 Å². The molecule has 1 atom stereocenters. The zero-order valence-corrected chi connectivity index (χ0v) is 11.5. The highest BCUT2D eigenvalue weighted by atomic mass is 16.5. The van der Waals surface area contributed by atoms with Crippen LogP contribution in [-0.2, 0) is 11.3 Å². The molecule has 106 valence electrons. The first-order chi connectivity index (χ1) is 9.28. The van der Waals surface area contributed by atoms with E-state index in [4.69, 9.17) is 14.2 Å². The Balaban J connectivity index is 2.12. The molecule has 0 radical (unpaired) electrons. The number of morpholine rings is 1. The second-order valence-electron chi connectivity index (χ2n) is 4.56. The molecule has 1 aliphatic rings. The summed E-state index contributed by atoms with van der Waals surface area (Å²) in [5.74, 6) is 1.59. The lowest BCUT2D eigenvalue weighted by Crippen LogP contribution is -2.46. The van der Waals surface area contributed by atoms with E-state index in [1.807, 2.05) is 18.2 Å². The third kappa shape index (κ3) is 3.37. The van der Waals surface area contributed by atoms with E-state index < -0.39 is 0 Å². The van der Waals surface area contributed by atoms with Crippen LogP contribution in [0.4, 0.5) is 0 Å². The molecule has 1 saturated heterocycles. The molecule has 1 aromatic rings. The third-order valence-electron chi connectivity index (χ3n) is 3.43. The minimum absolute atomic E-state index is 0.0561. The van der Waals surface area contributed by atoms with Crippen molar-refractivity contribution in [2.75, 3.05) is 40.6 Å². The Hall–Kier alpha value is -1.30. The second-order valence-corrected chi connectivity index (χ2v) is 4.56. The molecule has 0 bridgehead atoms. The van der Waals surface area contributed by atoms with Crippen LogP contribution in [0.25, 0.3) is 0 Å². The summed E-state index contributed by atoms with van der Waals surface area (Å²) in [4.78, 5) is 2.22. The molecule has 0 spiro atoms. The van der Waals surface area contributed by atoms with Crippen LogP contribution in [0, 0.1) is 0 Å². The maximum atomic E-state index is 9.38. The van der Waals surface area contributed by atoms with Crippen molar-refractivity contribution in [2.24, 2.45) is 0 Å². The van der Waals surface area contributed by atoms with Crippen LogP contribution in [0.1, 0.15) is 5.56 Å². The van der Waals surface area contributed by atoms with Gasteiger partial charge in [0.05, 0.1) is 40.1 Å². The second kappa shape index (κ2) is 6.75. The summed E-state index contributed by atoms with van der Waals surface area (Å²) in [5, 5.41) is 9.38. The van der Waals surface area contributed by atoms with Gasteiger partial charge in [0.25, 0.3) is 0 Å².